The Morgan fingerprint density at radius 3 is 2.03 bits per heavy atom. The van der Waals surface area contributed by atoms with Crippen LogP contribution in [0.4, 0.5) is 21.5 Å². The first-order valence-electron chi connectivity index (χ1n) is 10.6. The molecule has 1 aliphatic rings. The molecule has 2 amide bonds. The summed E-state index contributed by atoms with van der Waals surface area (Å²) < 4.78 is 13.5. The molecular weight excluding hydrogens is 405 g/mol. The molecule has 0 atom stereocenters. The normalized spacial score (nSPS) is 13.7. The second kappa shape index (κ2) is 9.06. The van der Waals surface area contributed by atoms with Crippen molar-refractivity contribution in [2.24, 2.45) is 0 Å². The number of nitrogens with one attached hydrogen (secondary N) is 1. The fraction of sp³-hybridized carbons (Fsp3) is 0.154. The smallest absolute Gasteiger partial charge is 0.282 e. The van der Waals surface area contributed by atoms with Gasteiger partial charge in [-0.25, -0.2) is 9.29 Å². The number of amides is 2. The van der Waals surface area contributed by atoms with Gasteiger partial charge in [-0.05, 0) is 67.9 Å². The molecule has 0 bridgehead atoms. The van der Waals surface area contributed by atoms with E-state index >= 15 is 0 Å². The molecule has 0 unspecified atom stereocenters. The highest BCUT2D eigenvalue weighted by atomic mass is 19.1. The van der Waals surface area contributed by atoms with Gasteiger partial charge in [-0.1, -0.05) is 30.3 Å². The first kappa shape index (κ1) is 21.3. The van der Waals surface area contributed by atoms with Crippen molar-refractivity contribution in [3.8, 4) is 0 Å². The summed E-state index contributed by atoms with van der Waals surface area (Å²) in [7, 11) is 0. The molecule has 5 nitrogen and oxygen atoms in total. The number of carbonyl (C=O) groups is 2. The van der Waals surface area contributed by atoms with Gasteiger partial charge in [0.2, 0.25) is 0 Å². The summed E-state index contributed by atoms with van der Waals surface area (Å²) in [4.78, 5) is 30.0. The fourth-order valence-electron chi connectivity index (χ4n) is 3.83. The van der Waals surface area contributed by atoms with Gasteiger partial charge in [-0.15, -0.1) is 0 Å². The highest BCUT2D eigenvalue weighted by Crippen LogP contribution is 2.34. The number of carbonyl (C=O) groups excluding carboxylic acids is 2. The van der Waals surface area contributed by atoms with E-state index < -0.39 is 17.6 Å². The summed E-state index contributed by atoms with van der Waals surface area (Å²) in [6, 6.07) is 22.1. The summed E-state index contributed by atoms with van der Waals surface area (Å²) in [6.45, 7) is 5.97. The summed E-state index contributed by atoms with van der Waals surface area (Å²) in [5, 5.41) is 3.14. The number of imide groups is 1. The molecule has 1 heterocycles. The Balaban J connectivity index is 1.73. The van der Waals surface area contributed by atoms with E-state index in [1.807, 2.05) is 30.3 Å². The maximum Gasteiger partial charge on any atom is 0.282 e. The van der Waals surface area contributed by atoms with Gasteiger partial charge in [0, 0.05) is 24.5 Å². The maximum absolute atomic E-state index is 13.5. The molecule has 6 heteroatoms. The van der Waals surface area contributed by atoms with Crippen molar-refractivity contribution in [1.29, 1.82) is 0 Å². The van der Waals surface area contributed by atoms with Gasteiger partial charge in [-0.3, -0.25) is 9.59 Å². The standard InChI is InChI=1S/C26H24FN3O2/c1-3-29(4-2)21-16-14-20(15-17-21)28-24-23(18-10-12-19(27)13-11-18)25(31)30(26(24)32)22-8-6-5-7-9-22/h5-17,28H,3-4H2,1-2H3. The highest BCUT2D eigenvalue weighted by molar-refractivity contribution is 6.46. The van der Waals surface area contributed by atoms with E-state index in [1.54, 1.807) is 24.3 Å². The zero-order valence-electron chi connectivity index (χ0n) is 18.0. The second-order valence-electron chi connectivity index (χ2n) is 7.38. The third-order valence-corrected chi connectivity index (χ3v) is 5.50. The Morgan fingerprint density at radius 1 is 0.812 bits per heavy atom. The van der Waals surface area contributed by atoms with Crippen molar-refractivity contribution < 1.29 is 14.0 Å². The quantitative estimate of drug-likeness (QED) is 0.533. The van der Waals surface area contributed by atoms with Crippen LogP contribution in [0.15, 0.2) is 84.6 Å². The highest BCUT2D eigenvalue weighted by Gasteiger charge is 2.40. The molecule has 0 spiro atoms. The third-order valence-electron chi connectivity index (χ3n) is 5.50. The Morgan fingerprint density at radius 2 is 1.44 bits per heavy atom. The molecule has 3 aromatic carbocycles. The van der Waals surface area contributed by atoms with E-state index in [0.29, 0.717) is 16.9 Å². The maximum atomic E-state index is 13.5. The Hall–Kier alpha value is -3.93. The molecule has 0 aromatic heterocycles. The van der Waals surface area contributed by atoms with Crippen LogP contribution in [-0.4, -0.2) is 24.9 Å². The predicted octanol–water partition coefficient (Wildman–Crippen LogP) is 5.07. The second-order valence-corrected chi connectivity index (χ2v) is 7.38. The Bertz CT molecular complexity index is 1150. The number of hydrogen-bond donors (Lipinski definition) is 1. The number of para-hydroxylation sites is 1. The third kappa shape index (κ3) is 3.99. The summed E-state index contributed by atoms with van der Waals surface area (Å²) in [5.41, 5.74) is 3.11. The van der Waals surface area contributed by atoms with E-state index in [0.717, 1.165) is 23.7 Å². The largest absolute Gasteiger partial charge is 0.372 e. The minimum absolute atomic E-state index is 0.168. The number of benzene rings is 3. The Kier molecular flexibility index (Phi) is 6.03. The topological polar surface area (TPSA) is 52.7 Å². The molecule has 0 saturated heterocycles. The zero-order chi connectivity index (χ0) is 22.7. The number of rotatable bonds is 7. The number of hydrogen-bond acceptors (Lipinski definition) is 4. The lowest BCUT2D eigenvalue weighted by Gasteiger charge is -2.21. The minimum Gasteiger partial charge on any atom is -0.372 e. The molecule has 1 aliphatic heterocycles. The lowest BCUT2D eigenvalue weighted by atomic mass is 10.0. The average Bonchev–Trinajstić information content (AvgIpc) is 3.06. The van der Waals surface area contributed by atoms with Crippen molar-refractivity contribution >= 4 is 34.4 Å². The van der Waals surface area contributed by atoms with E-state index in [9.17, 15) is 14.0 Å². The molecule has 1 N–H and O–H groups in total. The van der Waals surface area contributed by atoms with Crippen molar-refractivity contribution in [2.75, 3.05) is 28.2 Å². The average molecular weight is 429 g/mol. The molecular formula is C26H24FN3O2. The van der Waals surface area contributed by atoms with Gasteiger partial charge >= 0.3 is 0 Å². The minimum atomic E-state index is -0.451. The van der Waals surface area contributed by atoms with Crippen LogP contribution in [-0.2, 0) is 9.59 Å². The van der Waals surface area contributed by atoms with E-state index in [2.05, 4.69) is 24.1 Å². The van der Waals surface area contributed by atoms with Crippen LogP contribution >= 0.6 is 0 Å². The van der Waals surface area contributed by atoms with E-state index in [-0.39, 0.29) is 11.3 Å². The van der Waals surface area contributed by atoms with Gasteiger partial charge in [0.1, 0.15) is 11.5 Å². The zero-order valence-corrected chi connectivity index (χ0v) is 18.0. The first-order chi connectivity index (χ1) is 15.5. The molecule has 3 aromatic rings. The number of nitrogens with zero attached hydrogens (tertiary/aromatic N) is 2. The fourth-order valence-corrected chi connectivity index (χ4v) is 3.83. The van der Waals surface area contributed by atoms with Crippen LogP contribution in [0, 0.1) is 5.82 Å². The van der Waals surface area contributed by atoms with Gasteiger partial charge in [-0.2, -0.15) is 0 Å². The van der Waals surface area contributed by atoms with Crippen LogP contribution in [0.5, 0.6) is 0 Å². The lowest BCUT2D eigenvalue weighted by Crippen LogP contribution is -2.32. The molecule has 0 fully saturated rings. The molecule has 162 valence electrons. The monoisotopic (exact) mass is 429 g/mol. The predicted molar refractivity (Wildman–Crippen MR) is 126 cm³/mol. The van der Waals surface area contributed by atoms with Crippen molar-refractivity contribution in [3.63, 3.8) is 0 Å². The van der Waals surface area contributed by atoms with Gasteiger partial charge in [0.25, 0.3) is 11.8 Å². The summed E-state index contributed by atoms with van der Waals surface area (Å²) >= 11 is 0. The van der Waals surface area contributed by atoms with Crippen molar-refractivity contribution in [1.82, 2.24) is 0 Å². The van der Waals surface area contributed by atoms with Crippen molar-refractivity contribution in [3.05, 3.63) is 95.9 Å². The Labute approximate surface area is 186 Å². The first-order valence-corrected chi connectivity index (χ1v) is 10.6. The SMILES string of the molecule is CCN(CC)c1ccc(NC2=C(c3ccc(F)cc3)C(=O)N(c3ccccc3)C2=O)cc1. The van der Waals surface area contributed by atoms with Crippen LogP contribution in [0.25, 0.3) is 5.57 Å². The molecule has 4 rings (SSSR count). The molecule has 0 saturated carbocycles. The van der Waals surface area contributed by atoms with Crippen LogP contribution in [0.3, 0.4) is 0 Å². The lowest BCUT2D eigenvalue weighted by molar-refractivity contribution is -0.120. The van der Waals surface area contributed by atoms with Gasteiger partial charge in [0.15, 0.2) is 0 Å². The van der Waals surface area contributed by atoms with E-state index in [1.165, 1.54) is 24.3 Å². The molecule has 0 radical (unpaired) electrons. The number of anilines is 3. The summed E-state index contributed by atoms with van der Waals surface area (Å²) in [5.74, 6) is -1.31. The molecule has 32 heavy (non-hydrogen) atoms. The van der Waals surface area contributed by atoms with Crippen LogP contribution < -0.4 is 15.1 Å². The number of halogens is 1. The van der Waals surface area contributed by atoms with Gasteiger partial charge < -0.3 is 10.2 Å². The summed E-state index contributed by atoms with van der Waals surface area (Å²) in [6.07, 6.45) is 0. The molecule has 0 aliphatic carbocycles. The van der Waals surface area contributed by atoms with Crippen LogP contribution in [0.1, 0.15) is 19.4 Å². The van der Waals surface area contributed by atoms with Crippen LogP contribution in [0.2, 0.25) is 0 Å². The van der Waals surface area contributed by atoms with Gasteiger partial charge in [0.05, 0.1) is 11.3 Å². The van der Waals surface area contributed by atoms with E-state index in [4.69, 9.17) is 0 Å². The van der Waals surface area contributed by atoms with Crippen molar-refractivity contribution in [2.45, 2.75) is 13.8 Å².